The predicted molar refractivity (Wildman–Crippen MR) is 207 cm³/mol. The van der Waals surface area contributed by atoms with Gasteiger partial charge in [-0.05, 0) is 42.4 Å². The maximum absolute atomic E-state index is 13.4. The van der Waals surface area contributed by atoms with Crippen molar-refractivity contribution in [1.29, 1.82) is 0 Å². The van der Waals surface area contributed by atoms with E-state index in [1.54, 1.807) is 52.0 Å². The van der Waals surface area contributed by atoms with Crippen LogP contribution in [0, 0.1) is 17.8 Å². The highest BCUT2D eigenvalue weighted by Gasteiger charge is 2.29. The van der Waals surface area contributed by atoms with Gasteiger partial charge in [0.15, 0.2) is 0 Å². The minimum absolute atomic E-state index is 0.00360. The summed E-state index contributed by atoms with van der Waals surface area (Å²) in [4.78, 5) is 73.8. The first kappa shape index (κ1) is 49.5. The first-order chi connectivity index (χ1) is 26.7. The lowest BCUT2D eigenvalue weighted by Crippen LogP contribution is -2.54. The Hall–Kier alpha value is -4.52. The number of alkyl carbamates (subject to hydrolysis) is 1. The number of carbonyl (C=O) groups excluding carboxylic acids is 6. The highest BCUT2D eigenvalue weighted by Crippen LogP contribution is 2.13. The molecule has 0 bridgehead atoms. The van der Waals surface area contributed by atoms with Crippen molar-refractivity contribution in [1.82, 2.24) is 21.3 Å². The second-order valence-electron chi connectivity index (χ2n) is 13.9. The number of hydrogen-bond acceptors (Lipinski definition) is 12. The summed E-state index contributed by atoms with van der Waals surface area (Å²) in [5, 5.41) is 13.3. The molecule has 0 fully saturated rings. The number of nitrogens with one attached hydrogen (secondary N) is 5. The van der Waals surface area contributed by atoms with Gasteiger partial charge in [0.2, 0.25) is 17.7 Å². The van der Waals surface area contributed by atoms with Crippen LogP contribution in [0.25, 0.3) is 0 Å². The summed E-state index contributed by atoms with van der Waals surface area (Å²) in [6.07, 6.45) is 0.0480. The first-order valence-electron chi connectivity index (χ1n) is 19.1. The Morgan fingerprint density at radius 2 is 1.27 bits per heavy atom. The summed E-state index contributed by atoms with van der Waals surface area (Å²) in [6, 6.07) is 4.10. The average molecular weight is 797 g/mol. The standard InChI is InChI=1S/C38H64N6O12/c1-26(2)24-56-38(50)41-15-17-52-19-21-54-23-22-53-20-18-51-16-13-32(45)44-33(27(3)4)35(47)43-31(8-7-14-40-37(39)49)34(46)42-30-11-9-29(10-12-30)25-55-36(48)28(5)6/h9-12,26-28,31,33H,7-8,13-25H2,1-6H3,(H,41,50)(H,42,46)(H,43,47)(H,44,45)(H3,39,40,49)/t31-,33-/m0/s1. The number of esters is 1. The Balaban J connectivity index is 2.42. The molecule has 0 radical (unpaired) electrons. The third-order valence-corrected chi connectivity index (χ3v) is 7.59. The lowest BCUT2D eigenvalue weighted by Gasteiger charge is -2.25. The van der Waals surface area contributed by atoms with Crippen LogP contribution >= 0.6 is 0 Å². The van der Waals surface area contributed by atoms with Crippen LogP contribution in [0.15, 0.2) is 24.3 Å². The van der Waals surface area contributed by atoms with Crippen LogP contribution in [0.4, 0.5) is 15.3 Å². The van der Waals surface area contributed by atoms with Crippen molar-refractivity contribution in [2.75, 3.05) is 77.9 Å². The summed E-state index contributed by atoms with van der Waals surface area (Å²) >= 11 is 0. The number of rotatable bonds is 30. The molecular weight excluding hydrogens is 732 g/mol. The topological polar surface area (TPSA) is 244 Å². The van der Waals surface area contributed by atoms with E-state index in [1.165, 1.54) is 0 Å². The van der Waals surface area contributed by atoms with Crippen molar-refractivity contribution in [2.45, 2.75) is 79.5 Å². The molecular formula is C38H64N6O12. The van der Waals surface area contributed by atoms with Crippen LogP contribution in [0.5, 0.6) is 0 Å². The van der Waals surface area contributed by atoms with Crippen LogP contribution in [-0.2, 0) is 54.2 Å². The molecule has 0 saturated carbocycles. The van der Waals surface area contributed by atoms with Gasteiger partial charge in [0, 0.05) is 25.2 Å². The third kappa shape index (κ3) is 24.8. The van der Waals surface area contributed by atoms with Gasteiger partial charge in [-0.15, -0.1) is 0 Å². The van der Waals surface area contributed by atoms with Crippen LogP contribution in [0.1, 0.15) is 66.4 Å². The zero-order valence-electron chi connectivity index (χ0n) is 33.8. The molecule has 0 heterocycles. The number of primary amides is 1. The fourth-order valence-electron chi connectivity index (χ4n) is 4.51. The lowest BCUT2D eigenvalue weighted by atomic mass is 10.0. The summed E-state index contributed by atoms with van der Waals surface area (Å²) in [6.45, 7) is 14.4. The van der Waals surface area contributed by atoms with Crippen molar-refractivity contribution in [3.05, 3.63) is 29.8 Å². The quantitative estimate of drug-likeness (QED) is 0.0485. The van der Waals surface area contributed by atoms with Crippen LogP contribution in [0.2, 0.25) is 0 Å². The smallest absolute Gasteiger partial charge is 0.407 e. The maximum Gasteiger partial charge on any atom is 0.407 e. The van der Waals surface area contributed by atoms with E-state index in [-0.39, 0.29) is 62.9 Å². The minimum Gasteiger partial charge on any atom is -0.461 e. The van der Waals surface area contributed by atoms with E-state index >= 15 is 0 Å². The SMILES string of the molecule is CC(C)COC(=O)NCCOCCOCCOCCOCCC(=O)N[C@H](C(=O)N[C@@H](CCCNC(N)=O)C(=O)Nc1ccc(COC(=O)C(C)C)cc1)C(C)C. The van der Waals surface area contributed by atoms with Gasteiger partial charge < -0.3 is 60.7 Å². The Kier molecular flexibility index (Phi) is 26.3. The molecule has 7 N–H and O–H groups in total. The highest BCUT2D eigenvalue weighted by molar-refractivity contribution is 5.98. The van der Waals surface area contributed by atoms with Crippen molar-refractivity contribution in [2.24, 2.45) is 23.5 Å². The van der Waals surface area contributed by atoms with E-state index < -0.39 is 41.9 Å². The number of hydrogen-bond donors (Lipinski definition) is 6. The normalized spacial score (nSPS) is 12.2. The van der Waals surface area contributed by atoms with Gasteiger partial charge in [-0.25, -0.2) is 9.59 Å². The molecule has 6 amide bonds. The Bertz CT molecular complexity index is 1310. The van der Waals surface area contributed by atoms with Gasteiger partial charge in [-0.3, -0.25) is 19.2 Å². The highest BCUT2D eigenvalue weighted by atomic mass is 16.6. The molecule has 2 atom stereocenters. The van der Waals surface area contributed by atoms with Crippen molar-refractivity contribution in [3.63, 3.8) is 0 Å². The predicted octanol–water partition coefficient (Wildman–Crippen LogP) is 2.24. The third-order valence-electron chi connectivity index (χ3n) is 7.59. The Morgan fingerprint density at radius 3 is 1.82 bits per heavy atom. The molecule has 0 aromatic heterocycles. The number of carbonyl (C=O) groups is 6. The molecule has 56 heavy (non-hydrogen) atoms. The molecule has 1 aromatic rings. The fourth-order valence-corrected chi connectivity index (χ4v) is 4.51. The summed E-state index contributed by atoms with van der Waals surface area (Å²) in [5.74, 6) is -2.04. The second-order valence-corrected chi connectivity index (χ2v) is 13.9. The zero-order valence-corrected chi connectivity index (χ0v) is 33.8. The number of benzene rings is 1. The number of amides is 6. The summed E-state index contributed by atoms with van der Waals surface area (Å²) < 4.78 is 32.0. The van der Waals surface area contributed by atoms with Crippen molar-refractivity contribution < 1.29 is 57.2 Å². The number of ether oxygens (including phenoxy) is 6. The van der Waals surface area contributed by atoms with E-state index in [1.807, 2.05) is 13.8 Å². The maximum atomic E-state index is 13.4. The van der Waals surface area contributed by atoms with E-state index in [4.69, 9.17) is 34.2 Å². The van der Waals surface area contributed by atoms with Gasteiger partial charge in [0.25, 0.3) is 0 Å². The minimum atomic E-state index is -0.996. The van der Waals surface area contributed by atoms with Gasteiger partial charge in [0.05, 0.1) is 65.4 Å². The second kappa shape index (κ2) is 29.7. The molecule has 318 valence electrons. The number of urea groups is 1. The molecule has 1 rings (SSSR count). The van der Waals surface area contributed by atoms with Crippen LogP contribution in [0.3, 0.4) is 0 Å². The Labute approximate surface area is 330 Å². The van der Waals surface area contributed by atoms with E-state index in [2.05, 4.69) is 26.6 Å². The van der Waals surface area contributed by atoms with Gasteiger partial charge in [-0.1, -0.05) is 53.7 Å². The van der Waals surface area contributed by atoms with E-state index in [0.29, 0.717) is 64.9 Å². The summed E-state index contributed by atoms with van der Waals surface area (Å²) in [5.41, 5.74) is 6.35. The fraction of sp³-hybridized carbons (Fsp3) is 0.684. The van der Waals surface area contributed by atoms with Crippen molar-refractivity contribution in [3.8, 4) is 0 Å². The lowest BCUT2D eigenvalue weighted by molar-refractivity contribution is -0.148. The molecule has 0 aliphatic heterocycles. The van der Waals surface area contributed by atoms with Gasteiger partial charge in [-0.2, -0.15) is 0 Å². The van der Waals surface area contributed by atoms with Crippen LogP contribution in [-0.4, -0.2) is 120 Å². The molecule has 18 nitrogen and oxygen atoms in total. The van der Waals surface area contributed by atoms with Gasteiger partial charge in [0.1, 0.15) is 18.7 Å². The Morgan fingerprint density at radius 1 is 0.679 bits per heavy atom. The number of anilines is 1. The molecule has 0 unspecified atom stereocenters. The molecule has 18 heteroatoms. The molecule has 0 aliphatic rings. The largest absolute Gasteiger partial charge is 0.461 e. The monoisotopic (exact) mass is 796 g/mol. The summed E-state index contributed by atoms with van der Waals surface area (Å²) in [7, 11) is 0. The van der Waals surface area contributed by atoms with E-state index in [9.17, 15) is 28.8 Å². The average Bonchev–Trinajstić information content (AvgIpc) is 3.14. The molecule has 0 spiro atoms. The molecule has 0 saturated heterocycles. The van der Waals surface area contributed by atoms with Crippen molar-refractivity contribution >= 4 is 41.5 Å². The van der Waals surface area contributed by atoms with Crippen LogP contribution < -0.4 is 32.3 Å². The van der Waals surface area contributed by atoms with E-state index in [0.717, 1.165) is 5.56 Å². The molecule has 1 aromatic carbocycles. The first-order valence-corrected chi connectivity index (χ1v) is 19.1. The zero-order chi connectivity index (χ0) is 41.7. The molecule has 0 aliphatic carbocycles. The van der Waals surface area contributed by atoms with Gasteiger partial charge >= 0.3 is 18.1 Å². The number of nitrogens with two attached hydrogens (primary N) is 1.